The number of nitrogens with one attached hydrogen (secondary N) is 1. The smallest absolute Gasteiger partial charge is 0.295 e. The van der Waals surface area contributed by atoms with E-state index in [9.17, 15) is 9.59 Å². The van der Waals surface area contributed by atoms with Crippen LogP contribution in [0.3, 0.4) is 0 Å². The topological polar surface area (TPSA) is 70.9 Å². The van der Waals surface area contributed by atoms with Gasteiger partial charge >= 0.3 is 0 Å². The first kappa shape index (κ1) is 16.1. The molecular formula is C19H19N3O2S. The van der Waals surface area contributed by atoms with E-state index < -0.39 is 5.41 Å². The van der Waals surface area contributed by atoms with E-state index in [-0.39, 0.29) is 17.9 Å². The summed E-state index contributed by atoms with van der Waals surface area (Å²) >= 11 is 1.65. The number of hydrogen-bond donors (Lipinski definition) is 1. The van der Waals surface area contributed by atoms with Crippen LogP contribution >= 0.6 is 11.3 Å². The second-order valence-electron chi connectivity index (χ2n) is 6.60. The van der Waals surface area contributed by atoms with Crippen LogP contribution in [-0.2, 0) is 10.2 Å². The Balaban J connectivity index is 1.52. The van der Waals surface area contributed by atoms with Crippen molar-refractivity contribution in [1.29, 1.82) is 0 Å². The molecule has 1 aliphatic heterocycles. The number of carbonyl (C=O) groups excluding carboxylic acids is 2. The van der Waals surface area contributed by atoms with Gasteiger partial charge in [0.05, 0.1) is 5.41 Å². The number of rotatable bonds is 4. The van der Waals surface area contributed by atoms with E-state index in [1.165, 1.54) is 0 Å². The molecule has 0 saturated heterocycles. The number of thiophene rings is 1. The maximum absolute atomic E-state index is 13.0. The summed E-state index contributed by atoms with van der Waals surface area (Å²) in [5.41, 5.74) is 1.000. The van der Waals surface area contributed by atoms with Crippen molar-refractivity contribution < 1.29 is 9.59 Å². The van der Waals surface area contributed by atoms with Crippen LogP contribution in [0.2, 0.25) is 0 Å². The third kappa shape index (κ3) is 2.80. The van der Waals surface area contributed by atoms with Crippen LogP contribution < -0.4 is 5.32 Å². The summed E-state index contributed by atoms with van der Waals surface area (Å²) in [6.07, 6.45) is 3.93. The Kier molecular flexibility index (Phi) is 4.21. The lowest BCUT2D eigenvalue weighted by Crippen LogP contribution is -2.43. The average molecular weight is 353 g/mol. The molecule has 2 amide bonds. The normalized spacial score (nSPS) is 21.1. The summed E-state index contributed by atoms with van der Waals surface area (Å²) in [4.78, 5) is 26.0. The van der Waals surface area contributed by atoms with E-state index in [2.05, 4.69) is 21.6 Å². The first-order valence-electron chi connectivity index (χ1n) is 8.57. The van der Waals surface area contributed by atoms with Gasteiger partial charge in [0.15, 0.2) is 0 Å². The first-order chi connectivity index (χ1) is 12.2. The van der Waals surface area contributed by atoms with Crippen LogP contribution in [0.15, 0.2) is 52.0 Å². The lowest BCUT2D eigenvalue weighted by Gasteiger charge is -2.27. The fourth-order valence-corrected chi connectivity index (χ4v) is 4.83. The molecule has 2 aromatic rings. The highest BCUT2D eigenvalue weighted by Gasteiger charge is 2.43. The second-order valence-corrected chi connectivity index (χ2v) is 7.55. The number of azo groups is 1. The molecule has 6 heteroatoms. The van der Waals surface area contributed by atoms with Crippen LogP contribution in [0.25, 0.3) is 0 Å². The summed E-state index contributed by atoms with van der Waals surface area (Å²) in [6, 6.07) is 11.1. The highest BCUT2D eigenvalue weighted by atomic mass is 32.1. The second kappa shape index (κ2) is 6.52. The van der Waals surface area contributed by atoms with E-state index >= 15 is 0 Å². The molecule has 1 atom stereocenters. The van der Waals surface area contributed by atoms with E-state index in [4.69, 9.17) is 0 Å². The summed E-state index contributed by atoms with van der Waals surface area (Å²) in [7, 11) is 0. The lowest BCUT2D eigenvalue weighted by atomic mass is 9.83. The number of benzene rings is 1. The Hall–Kier alpha value is -2.34. The van der Waals surface area contributed by atoms with E-state index in [0.717, 1.165) is 36.1 Å². The third-order valence-corrected chi connectivity index (χ3v) is 6.25. The number of fused-ring (bicyclic) bond motifs is 1. The molecule has 128 valence electrons. The number of hydrogen-bond acceptors (Lipinski definition) is 4. The van der Waals surface area contributed by atoms with Gasteiger partial charge < -0.3 is 5.32 Å². The summed E-state index contributed by atoms with van der Waals surface area (Å²) in [6.45, 7) is 0.361. The Morgan fingerprint density at radius 1 is 1.20 bits per heavy atom. The Labute approximate surface area is 150 Å². The zero-order valence-corrected chi connectivity index (χ0v) is 14.6. The average Bonchev–Trinajstić information content (AvgIpc) is 3.33. The van der Waals surface area contributed by atoms with Crippen LogP contribution in [0, 0.1) is 0 Å². The van der Waals surface area contributed by atoms with E-state index in [0.29, 0.717) is 12.1 Å². The van der Waals surface area contributed by atoms with Gasteiger partial charge in [0.2, 0.25) is 5.91 Å². The molecule has 4 rings (SSSR count). The van der Waals surface area contributed by atoms with Crippen molar-refractivity contribution in [3.63, 3.8) is 0 Å². The van der Waals surface area contributed by atoms with Gasteiger partial charge in [0.1, 0.15) is 6.04 Å². The summed E-state index contributed by atoms with van der Waals surface area (Å²) < 4.78 is 0. The monoisotopic (exact) mass is 353 g/mol. The molecule has 0 spiro atoms. The maximum atomic E-state index is 13.0. The van der Waals surface area contributed by atoms with Crippen molar-refractivity contribution >= 4 is 23.2 Å². The van der Waals surface area contributed by atoms with Crippen LogP contribution in [0.4, 0.5) is 0 Å². The molecule has 1 unspecified atom stereocenters. The number of nitrogens with zero attached hydrogens (tertiary/aromatic N) is 2. The van der Waals surface area contributed by atoms with Crippen molar-refractivity contribution in [1.82, 2.24) is 5.32 Å². The quantitative estimate of drug-likeness (QED) is 0.901. The third-order valence-electron chi connectivity index (χ3n) is 5.18. The molecule has 0 radical (unpaired) electrons. The molecule has 2 heterocycles. The van der Waals surface area contributed by atoms with Crippen molar-refractivity contribution in [2.24, 2.45) is 10.2 Å². The Morgan fingerprint density at radius 2 is 2.00 bits per heavy atom. The van der Waals surface area contributed by atoms with Gasteiger partial charge in [-0.2, -0.15) is 5.11 Å². The Bertz CT molecular complexity index is 823. The van der Waals surface area contributed by atoms with Gasteiger partial charge in [0, 0.05) is 17.0 Å². The standard InChI is InChI=1S/C19H19N3O2S/c23-17-14-7-2-1-6-13(14)15(21-22-17)12-20-18(24)19(9-3-4-10-19)16-8-5-11-25-16/h1-2,5-8,11,15H,3-4,9-10,12H2,(H,20,24). The predicted molar refractivity (Wildman–Crippen MR) is 95.8 cm³/mol. The molecule has 0 bridgehead atoms. The molecule has 1 N–H and O–H groups in total. The van der Waals surface area contributed by atoms with Gasteiger partial charge in [-0.15, -0.1) is 16.5 Å². The largest absolute Gasteiger partial charge is 0.353 e. The zero-order chi connectivity index (χ0) is 17.3. The summed E-state index contributed by atoms with van der Waals surface area (Å²) in [5.74, 6) is -0.249. The molecule has 1 aliphatic carbocycles. The maximum Gasteiger partial charge on any atom is 0.295 e. The lowest BCUT2D eigenvalue weighted by molar-refractivity contribution is -0.126. The highest BCUT2D eigenvalue weighted by molar-refractivity contribution is 7.10. The van der Waals surface area contributed by atoms with Gasteiger partial charge in [0.25, 0.3) is 5.91 Å². The minimum atomic E-state index is -0.407. The van der Waals surface area contributed by atoms with Crippen LogP contribution in [0.5, 0.6) is 0 Å². The molecule has 1 saturated carbocycles. The number of carbonyl (C=O) groups is 2. The SMILES string of the molecule is O=C1N=NC(CNC(=O)C2(c3cccs3)CCCC2)c2ccccc21. The first-order valence-corrected chi connectivity index (χ1v) is 9.45. The molecule has 25 heavy (non-hydrogen) atoms. The fraction of sp³-hybridized carbons (Fsp3) is 0.368. The Morgan fingerprint density at radius 3 is 2.76 bits per heavy atom. The van der Waals surface area contributed by atoms with Gasteiger partial charge in [-0.1, -0.05) is 37.1 Å². The minimum Gasteiger partial charge on any atom is -0.353 e. The zero-order valence-electron chi connectivity index (χ0n) is 13.8. The van der Waals surface area contributed by atoms with E-state index in [1.54, 1.807) is 17.4 Å². The molecule has 1 aromatic carbocycles. The molecule has 5 nitrogen and oxygen atoms in total. The van der Waals surface area contributed by atoms with Crippen molar-refractivity contribution in [3.8, 4) is 0 Å². The number of amides is 2. The van der Waals surface area contributed by atoms with Gasteiger partial charge in [-0.3, -0.25) is 9.59 Å². The molecular weight excluding hydrogens is 334 g/mol. The van der Waals surface area contributed by atoms with Gasteiger partial charge in [-0.25, -0.2) is 0 Å². The van der Waals surface area contributed by atoms with Crippen LogP contribution in [0.1, 0.15) is 52.5 Å². The molecule has 1 aromatic heterocycles. The summed E-state index contributed by atoms with van der Waals surface area (Å²) in [5, 5.41) is 12.9. The highest BCUT2D eigenvalue weighted by Crippen LogP contribution is 2.43. The van der Waals surface area contributed by atoms with Gasteiger partial charge in [-0.05, 0) is 35.9 Å². The predicted octanol–water partition coefficient (Wildman–Crippen LogP) is 4.02. The van der Waals surface area contributed by atoms with Crippen molar-refractivity contribution in [2.75, 3.05) is 6.54 Å². The van der Waals surface area contributed by atoms with E-state index in [1.807, 2.05) is 29.6 Å². The van der Waals surface area contributed by atoms with Crippen LogP contribution in [-0.4, -0.2) is 18.4 Å². The van der Waals surface area contributed by atoms with Crippen molar-refractivity contribution in [2.45, 2.75) is 37.1 Å². The van der Waals surface area contributed by atoms with Crippen molar-refractivity contribution in [3.05, 3.63) is 57.8 Å². The fourth-order valence-electron chi connectivity index (χ4n) is 3.84. The molecule has 1 fully saturated rings. The molecule has 2 aliphatic rings. The minimum absolute atomic E-state index is 0.0667.